The zero-order valence-corrected chi connectivity index (χ0v) is 17.5. The van der Waals surface area contributed by atoms with Crippen LogP contribution in [0.1, 0.15) is 82.6 Å². The van der Waals surface area contributed by atoms with Crippen LogP contribution in [0.5, 0.6) is 5.75 Å². The summed E-state index contributed by atoms with van der Waals surface area (Å²) in [5, 5.41) is 0. The average Bonchev–Trinajstić information content (AvgIpc) is 2.70. The third kappa shape index (κ3) is 6.45. The Morgan fingerprint density at radius 3 is 1.83 bits per heavy atom. The van der Waals surface area contributed by atoms with Crippen molar-refractivity contribution in [2.45, 2.75) is 83.4 Å². The summed E-state index contributed by atoms with van der Waals surface area (Å²) in [5.74, 6) is -1.78. The van der Waals surface area contributed by atoms with Crippen molar-refractivity contribution in [3.63, 3.8) is 0 Å². The highest BCUT2D eigenvalue weighted by atomic mass is 19.4. The standard InChI is InChI=1S/C24H31F5O/c1-2-3-16-4-6-17(7-5-16)8-9-18-10-12-19(13-11-18)20-14-21(25)23(22(26)15-20)30-24(27,28)29/h2-3,14-19H,4-13H2,1H3/b3-2+/t16-,17-,18-,19-. The van der Waals surface area contributed by atoms with Gasteiger partial charge in [-0.25, -0.2) is 8.78 Å². The Balaban J connectivity index is 1.46. The smallest absolute Gasteiger partial charge is 0.399 e. The second kappa shape index (κ2) is 10.1. The van der Waals surface area contributed by atoms with E-state index in [1.54, 1.807) is 0 Å². The molecule has 0 bridgehead atoms. The Morgan fingerprint density at radius 1 is 0.867 bits per heavy atom. The number of benzene rings is 1. The van der Waals surface area contributed by atoms with E-state index in [4.69, 9.17) is 0 Å². The predicted octanol–water partition coefficient (Wildman–Crippen LogP) is 8.30. The highest BCUT2D eigenvalue weighted by Gasteiger charge is 2.34. The molecule has 2 saturated carbocycles. The van der Waals surface area contributed by atoms with Crippen LogP contribution in [0, 0.1) is 29.4 Å². The van der Waals surface area contributed by atoms with Gasteiger partial charge in [0.15, 0.2) is 11.6 Å². The normalized spacial score (nSPS) is 28.1. The van der Waals surface area contributed by atoms with E-state index in [0.717, 1.165) is 49.7 Å². The van der Waals surface area contributed by atoms with E-state index in [1.807, 2.05) is 0 Å². The molecule has 0 atom stereocenters. The van der Waals surface area contributed by atoms with Crippen molar-refractivity contribution in [3.8, 4) is 5.75 Å². The van der Waals surface area contributed by atoms with Gasteiger partial charge in [0.2, 0.25) is 5.75 Å². The Hall–Kier alpha value is -1.59. The van der Waals surface area contributed by atoms with Gasteiger partial charge >= 0.3 is 6.36 Å². The van der Waals surface area contributed by atoms with Gasteiger partial charge in [-0.1, -0.05) is 25.0 Å². The molecule has 0 amide bonds. The third-order valence-corrected chi connectivity index (χ3v) is 6.90. The van der Waals surface area contributed by atoms with Crippen molar-refractivity contribution in [2.75, 3.05) is 0 Å². The fourth-order valence-corrected chi connectivity index (χ4v) is 5.23. The topological polar surface area (TPSA) is 9.23 Å². The minimum absolute atomic E-state index is 0.0125. The molecule has 2 fully saturated rings. The highest BCUT2D eigenvalue weighted by Crippen LogP contribution is 2.41. The number of alkyl halides is 3. The van der Waals surface area contributed by atoms with Gasteiger partial charge in [-0.05, 0) is 99.7 Å². The molecule has 3 rings (SSSR count). The van der Waals surface area contributed by atoms with Gasteiger partial charge in [-0.15, -0.1) is 13.2 Å². The summed E-state index contributed by atoms with van der Waals surface area (Å²) in [6.07, 6.45) is 10.6. The van der Waals surface area contributed by atoms with E-state index in [-0.39, 0.29) is 5.92 Å². The first kappa shape index (κ1) is 23.1. The lowest BCUT2D eigenvalue weighted by molar-refractivity contribution is -0.276. The van der Waals surface area contributed by atoms with Crippen LogP contribution in [-0.4, -0.2) is 6.36 Å². The molecule has 30 heavy (non-hydrogen) atoms. The van der Waals surface area contributed by atoms with Crippen molar-refractivity contribution < 1.29 is 26.7 Å². The van der Waals surface area contributed by atoms with Crippen LogP contribution in [0.3, 0.4) is 0 Å². The van der Waals surface area contributed by atoms with Gasteiger partial charge in [-0.2, -0.15) is 0 Å². The van der Waals surface area contributed by atoms with E-state index >= 15 is 0 Å². The van der Waals surface area contributed by atoms with E-state index in [0.29, 0.717) is 11.5 Å². The van der Waals surface area contributed by atoms with E-state index in [9.17, 15) is 22.0 Å². The Kier molecular flexibility index (Phi) is 7.81. The molecule has 0 unspecified atom stereocenters. The maximum Gasteiger partial charge on any atom is 0.573 e. The number of hydrogen-bond donors (Lipinski definition) is 0. The second-order valence-electron chi connectivity index (χ2n) is 8.96. The molecule has 0 N–H and O–H groups in total. The zero-order chi connectivity index (χ0) is 21.7. The molecule has 2 aliphatic rings. The lowest BCUT2D eigenvalue weighted by Gasteiger charge is -2.31. The van der Waals surface area contributed by atoms with Crippen molar-refractivity contribution >= 4 is 0 Å². The number of allylic oxidation sites excluding steroid dienone is 2. The Morgan fingerprint density at radius 2 is 1.37 bits per heavy atom. The summed E-state index contributed by atoms with van der Waals surface area (Å²) < 4.78 is 68.4. The van der Waals surface area contributed by atoms with Gasteiger partial charge in [0.25, 0.3) is 0 Å². The summed E-state index contributed by atoms with van der Waals surface area (Å²) in [4.78, 5) is 0. The lowest BCUT2D eigenvalue weighted by atomic mass is 9.74. The molecule has 0 saturated heterocycles. The van der Waals surface area contributed by atoms with Crippen LogP contribution < -0.4 is 4.74 Å². The summed E-state index contributed by atoms with van der Waals surface area (Å²) in [7, 11) is 0. The molecular formula is C24H31F5O. The third-order valence-electron chi connectivity index (χ3n) is 6.90. The molecule has 0 aliphatic heterocycles. The van der Waals surface area contributed by atoms with Crippen molar-refractivity contribution in [2.24, 2.45) is 17.8 Å². The van der Waals surface area contributed by atoms with Gasteiger partial charge in [0.05, 0.1) is 0 Å². The Labute approximate surface area is 175 Å². The minimum Gasteiger partial charge on any atom is -0.399 e. The van der Waals surface area contributed by atoms with Gasteiger partial charge in [-0.3, -0.25) is 0 Å². The van der Waals surface area contributed by atoms with E-state index < -0.39 is 23.7 Å². The number of ether oxygens (including phenoxy) is 1. The number of halogens is 5. The van der Waals surface area contributed by atoms with Crippen LogP contribution >= 0.6 is 0 Å². The number of hydrogen-bond acceptors (Lipinski definition) is 1. The first-order valence-corrected chi connectivity index (χ1v) is 11.1. The molecular weight excluding hydrogens is 399 g/mol. The van der Waals surface area contributed by atoms with Crippen LogP contribution in [0.25, 0.3) is 0 Å². The summed E-state index contributed by atoms with van der Waals surface area (Å²) >= 11 is 0. The van der Waals surface area contributed by atoms with Crippen LogP contribution in [0.4, 0.5) is 22.0 Å². The minimum atomic E-state index is -5.12. The zero-order valence-electron chi connectivity index (χ0n) is 17.5. The highest BCUT2D eigenvalue weighted by molar-refractivity contribution is 5.33. The summed E-state index contributed by atoms with van der Waals surface area (Å²) in [6.45, 7) is 2.08. The first-order valence-electron chi connectivity index (χ1n) is 11.1. The van der Waals surface area contributed by atoms with Gasteiger partial charge in [0.1, 0.15) is 0 Å². The SMILES string of the molecule is C/C=C/[C@H]1CC[C@H](CC[C@H]2CC[C@H](c3cc(F)c(OC(F)(F)F)c(F)c3)CC2)CC1. The van der Waals surface area contributed by atoms with Crippen molar-refractivity contribution in [1.82, 2.24) is 0 Å². The largest absolute Gasteiger partial charge is 0.573 e. The molecule has 0 radical (unpaired) electrons. The molecule has 0 heterocycles. The van der Waals surface area contributed by atoms with Crippen LogP contribution in [0.15, 0.2) is 24.3 Å². The molecule has 1 aromatic rings. The van der Waals surface area contributed by atoms with Crippen molar-refractivity contribution in [1.29, 1.82) is 0 Å². The predicted molar refractivity (Wildman–Crippen MR) is 107 cm³/mol. The maximum absolute atomic E-state index is 14.0. The number of rotatable bonds is 6. The van der Waals surface area contributed by atoms with E-state index in [2.05, 4.69) is 23.8 Å². The molecule has 2 aliphatic carbocycles. The van der Waals surface area contributed by atoms with E-state index in [1.165, 1.54) is 38.5 Å². The molecule has 168 valence electrons. The monoisotopic (exact) mass is 430 g/mol. The molecule has 0 aromatic heterocycles. The fraction of sp³-hybridized carbons (Fsp3) is 0.667. The molecule has 0 spiro atoms. The first-order chi connectivity index (χ1) is 14.2. The quantitative estimate of drug-likeness (QED) is 0.326. The molecule has 1 aromatic carbocycles. The Bertz CT molecular complexity index is 688. The van der Waals surface area contributed by atoms with Crippen LogP contribution in [0.2, 0.25) is 0 Å². The van der Waals surface area contributed by atoms with Gasteiger partial charge < -0.3 is 4.74 Å². The average molecular weight is 431 g/mol. The second-order valence-corrected chi connectivity index (χ2v) is 8.96. The summed E-state index contributed by atoms with van der Waals surface area (Å²) in [5.41, 5.74) is 0.431. The van der Waals surface area contributed by atoms with Crippen molar-refractivity contribution in [3.05, 3.63) is 41.5 Å². The molecule has 1 nitrogen and oxygen atoms in total. The van der Waals surface area contributed by atoms with Gasteiger partial charge in [0, 0.05) is 0 Å². The maximum atomic E-state index is 14.0. The molecule has 6 heteroatoms. The van der Waals surface area contributed by atoms with Crippen LogP contribution in [-0.2, 0) is 0 Å². The fourth-order valence-electron chi connectivity index (χ4n) is 5.23. The lowest BCUT2D eigenvalue weighted by Crippen LogP contribution is -2.20. The summed E-state index contributed by atoms with van der Waals surface area (Å²) in [6, 6.07) is 2.00.